The SMILES string of the molecule is NCC(=O)N[C@@H]1[C@@H](O)[C@@H](O)[C@@H](CO)O[C@H]1O. The molecule has 1 saturated heterocycles. The Balaban J connectivity index is 2.67. The second kappa shape index (κ2) is 5.53. The van der Waals surface area contributed by atoms with Crippen molar-refractivity contribution in [3.63, 3.8) is 0 Å². The van der Waals surface area contributed by atoms with Gasteiger partial charge in [-0.25, -0.2) is 0 Å². The van der Waals surface area contributed by atoms with E-state index in [0.717, 1.165) is 0 Å². The molecule has 1 heterocycles. The minimum atomic E-state index is -1.51. The first-order valence-corrected chi connectivity index (χ1v) is 4.81. The minimum absolute atomic E-state index is 0.310. The van der Waals surface area contributed by atoms with Gasteiger partial charge in [0.05, 0.1) is 13.2 Å². The summed E-state index contributed by atoms with van der Waals surface area (Å²) < 4.78 is 4.82. The third-order valence-electron chi connectivity index (χ3n) is 2.41. The maximum atomic E-state index is 11.0. The van der Waals surface area contributed by atoms with E-state index in [0.29, 0.717) is 0 Å². The van der Waals surface area contributed by atoms with Crippen LogP contribution in [0.1, 0.15) is 0 Å². The van der Waals surface area contributed by atoms with Crippen molar-refractivity contribution >= 4 is 5.91 Å². The van der Waals surface area contributed by atoms with Crippen LogP contribution in [0.25, 0.3) is 0 Å². The largest absolute Gasteiger partial charge is 0.394 e. The van der Waals surface area contributed by atoms with Crippen molar-refractivity contribution in [2.75, 3.05) is 13.2 Å². The molecule has 8 nitrogen and oxygen atoms in total. The van der Waals surface area contributed by atoms with Crippen molar-refractivity contribution in [2.45, 2.75) is 30.6 Å². The lowest BCUT2D eigenvalue weighted by Crippen LogP contribution is -2.64. The van der Waals surface area contributed by atoms with Gasteiger partial charge in [-0.3, -0.25) is 4.79 Å². The van der Waals surface area contributed by atoms with Crippen molar-refractivity contribution in [3.05, 3.63) is 0 Å². The number of aliphatic hydroxyl groups is 4. The standard InChI is InChI=1S/C8H16N2O6/c9-1-4(12)10-5-7(14)6(13)3(2-11)16-8(5)15/h3,5-8,11,13-15H,1-2,9H2,(H,10,12)/t3-,5-,6+,7-,8-/m1/s1. The number of aliphatic hydroxyl groups excluding tert-OH is 4. The molecule has 0 aromatic rings. The first-order valence-electron chi connectivity index (χ1n) is 4.81. The fraction of sp³-hybridized carbons (Fsp3) is 0.875. The van der Waals surface area contributed by atoms with Crippen LogP contribution < -0.4 is 11.1 Å². The van der Waals surface area contributed by atoms with Crippen molar-refractivity contribution < 1.29 is 30.0 Å². The fourth-order valence-corrected chi connectivity index (χ4v) is 1.50. The molecule has 1 aliphatic rings. The van der Waals surface area contributed by atoms with Gasteiger partial charge in [-0.15, -0.1) is 0 Å². The Kier molecular flexibility index (Phi) is 4.59. The molecular formula is C8H16N2O6. The molecule has 7 N–H and O–H groups in total. The number of carbonyl (C=O) groups excluding carboxylic acids is 1. The molecule has 16 heavy (non-hydrogen) atoms. The molecule has 1 fully saturated rings. The van der Waals surface area contributed by atoms with E-state index >= 15 is 0 Å². The molecule has 5 atom stereocenters. The molecule has 8 heteroatoms. The lowest BCUT2D eigenvalue weighted by molar-refractivity contribution is -0.253. The second-order valence-electron chi connectivity index (χ2n) is 3.53. The summed E-state index contributed by atoms with van der Waals surface area (Å²) in [5.74, 6) is -0.596. The first-order chi connectivity index (χ1) is 7.51. The van der Waals surface area contributed by atoms with Gasteiger partial charge in [0, 0.05) is 0 Å². The summed E-state index contributed by atoms with van der Waals surface area (Å²) in [5, 5.41) is 39.5. The van der Waals surface area contributed by atoms with Gasteiger partial charge in [-0.2, -0.15) is 0 Å². The van der Waals surface area contributed by atoms with Crippen LogP contribution in [0.15, 0.2) is 0 Å². The molecule has 0 spiro atoms. The Morgan fingerprint density at radius 1 is 1.31 bits per heavy atom. The number of hydrogen-bond acceptors (Lipinski definition) is 7. The Hall–Kier alpha value is -0.770. The molecule has 1 aliphatic heterocycles. The van der Waals surface area contributed by atoms with Gasteiger partial charge in [0.15, 0.2) is 6.29 Å². The van der Waals surface area contributed by atoms with E-state index in [1.54, 1.807) is 0 Å². The van der Waals surface area contributed by atoms with Crippen LogP contribution in [-0.4, -0.2) is 70.1 Å². The van der Waals surface area contributed by atoms with Crippen LogP contribution in [0.2, 0.25) is 0 Å². The molecule has 1 rings (SSSR count). The van der Waals surface area contributed by atoms with Crippen molar-refractivity contribution in [1.29, 1.82) is 0 Å². The molecule has 94 valence electrons. The normalized spacial score (nSPS) is 39.4. The number of rotatable bonds is 3. The summed E-state index contributed by atoms with van der Waals surface area (Å²) in [7, 11) is 0. The third kappa shape index (κ3) is 2.67. The van der Waals surface area contributed by atoms with Gasteiger partial charge in [0.1, 0.15) is 24.4 Å². The summed E-state index contributed by atoms with van der Waals surface area (Å²) in [6, 6.07) is -1.17. The number of nitrogens with two attached hydrogens (primary N) is 1. The predicted octanol–water partition coefficient (Wildman–Crippen LogP) is -4.14. The van der Waals surface area contributed by atoms with Gasteiger partial charge >= 0.3 is 0 Å². The summed E-state index contributed by atoms with van der Waals surface area (Å²) in [4.78, 5) is 11.0. The van der Waals surface area contributed by atoms with Gasteiger partial charge in [-0.05, 0) is 0 Å². The van der Waals surface area contributed by atoms with Gasteiger partial charge < -0.3 is 36.2 Å². The second-order valence-corrected chi connectivity index (χ2v) is 3.53. The van der Waals surface area contributed by atoms with E-state index < -0.39 is 43.2 Å². The lowest BCUT2D eigenvalue weighted by Gasteiger charge is -2.40. The minimum Gasteiger partial charge on any atom is -0.394 e. The Morgan fingerprint density at radius 2 is 1.94 bits per heavy atom. The number of amides is 1. The highest BCUT2D eigenvalue weighted by Crippen LogP contribution is 2.19. The molecular weight excluding hydrogens is 220 g/mol. The van der Waals surface area contributed by atoms with Crippen LogP contribution in [0, 0.1) is 0 Å². The van der Waals surface area contributed by atoms with Crippen molar-refractivity contribution in [2.24, 2.45) is 5.73 Å². The number of hydrogen-bond donors (Lipinski definition) is 6. The molecule has 0 aromatic heterocycles. The van der Waals surface area contributed by atoms with E-state index in [-0.39, 0.29) is 6.54 Å². The topological polar surface area (TPSA) is 145 Å². The summed E-state index contributed by atoms with van der Waals surface area (Å²) >= 11 is 0. The van der Waals surface area contributed by atoms with Gasteiger partial charge in [-0.1, -0.05) is 0 Å². The zero-order chi connectivity index (χ0) is 12.3. The smallest absolute Gasteiger partial charge is 0.234 e. The van der Waals surface area contributed by atoms with Crippen LogP contribution in [0.5, 0.6) is 0 Å². The average molecular weight is 236 g/mol. The first kappa shape index (κ1) is 13.3. The Morgan fingerprint density at radius 3 is 2.44 bits per heavy atom. The molecule has 0 aliphatic carbocycles. The summed E-state index contributed by atoms with van der Waals surface area (Å²) in [6.07, 6.45) is -5.42. The predicted molar refractivity (Wildman–Crippen MR) is 51.0 cm³/mol. The number of carbonyl (C=O) groups is 1. The monoisotopic (exact) mass is 236 g/mol. The highest BCUT2D eigenvalue weighted by Gasteiger charge is 2.44. The van der Waals surface area contributed by atoms with Gasteiger partial charge in [0.2, 0.25) is 5.91 Å². The number of nitrogens with one attached hydrogen (secondary N) is 1. The van der Waals surface area contributed by atoms with Crippen LogP contribution in [0.3, 0.4) is 0 Å². The molecule has 0 radical (unpaired) electrons. The highest BCUT2D eigenvalue weighted by molar-refractivity contribution is 5.78. The zero-order valence-corrected chi connectivity index (χ0v) is 8.48. The van der Waals surface area contributed by atoms with Crippen molar-refractivity contribution in [3.8, 4) is 0 Å². The van der Waals surface area contributed by atoms with E-state index in [2.05, 4.69) is 5.32 Å². The lowest BCUT2D eigenvalue weighted by atomic mass is 9.97. The highest BCUT2D eigenvalue weighted by atomic mass is 16.6. The van der Waals surface area contributed by atoms with Crippen LogP contribution >= 0.6 is 0 Å². The number of ether oxygens (including phenoxy) is 1. The molecule has 1 amide bonds. The Bertz CT molecular complexity index is 251. The van der Waals surface area contributed by atoms with E-state index in [4.69, 9.17) is 15.6 Å². The molecule has 0 unspecified atom stereocenters. The van der Waals surface area contributed by atoms with Crippen LogP contribution in [0.4, 0.5) is 0 Å². The third-order valence-corrected chi connectivity index (χ3v) is 2.41. The maximum Gasteiger partial charge on any atom is 0.234 e. The van der Waals surface area contributed by atoms with E-state index in [1.165, 1.54) is 0 Å². The summed E-state index contributed by atoms with van der Waals surface area (Å²) in [5.41, 5.74) is 5.05. The van der Waals surface area contributed by atoms with Gasteiger partial charge in [0.25, 0.3) is 0 Å². The maximum absolute atomic E-state index is 11.0. The molecule has 0 aromatic carbocycles. The quantitative estimate of drug-likeness (QED) is 0.292. The molecule has 0 bridgehead atoms. The zero-order valence-electron chi connectivity index (χ0n) is 8.48. The van der Waals surface area contributed by atoms with Crippen molar-refractivity contribution in [1.82, 2.24) is 5.32 Å². The van der Waals surface area contributed by atoms with E-state index in [9.17, 15) is 20.1 Å². The van der Waals surface area contributed by atoms with E-state index in [1.807, 2.05) is 0 Å². The summed E-state index contributed by atoms with van der Waals surface area (Å²) in [6.45, 7) is -0.859. The molecule has 0 saturated carbocycles. The van der Waals surface area contributed by atoms with Crippen LogP contribution in [-0.2, 0) is 9.53 Å². The average Bonchev–Trinajstić information content (AvgIpc) is 2.28. The fourth-order valence-electron chi connectivity index (χ4n) is 1.50. The Labute approximate surface area is 91.6 Å².